The van der Waals surface area contributed by atoms with Gasteiger partial charge >= 0.3 is 0 Å². The number of allylic oxidation sites excluding steroid dienone is 6. The van der Waals surface area contributed by atoms with E-state index in [0.29, 0.717) is 25.6 Å². The molecular weight excluding hydrogens is 300 g/mol. The van der Waals surface area contributed by atoms with E-state index in [4.69, 9.17) is 14.2 Å². The Balaban J connectivity index is 5.25. The molecule has 0 aliphatic carbocycles. The Morgan fingerprint density at radius 3 is 2.04 bits per heavy atom. The van der Waals surface area contributed by atoms with Crippen molar-refractivity contribution in [1.29, 1.82) is 0 Å². The van der Waals surface area contributed by atoms with Gasteiger partial charge in [0.2, 0.25) is 0 Å². The third-order valence-electron chi connectivity index (χ3n) is 3.45. The van der Waals surface area contributed by atoms with Crippen molar-refractivity contribution in [2.24, 2.45) is 0 Å². The molecule has 0 amide bonds. The molecule has 0 N–H and O–H groups in total. The fraction of sp³-hybridized carbons (Fsp3) is 0.429. The average molecular weight is 332 g/mol. The molecule has 0 bridgehead atoms. The summed E-state index contributed by atoms with van der Waals surface area (Å²) in [5, 5.41) is 0. The highest BCUT2D eigenvalue weighted by molar-refractivity contribution is 5.51. The van der Waals surface area contributed by atoms with Crippen molar-refractivity contribution < 1.29 is 14.2 Å². The largest absolute Gasteiger partial charge is 0.495 e. The fourth-order valence-electron chi connectivity index (χ4n) is 1.93. The van der Waals surface area contributed by atoms with Gasteiger partial charge < -0.3 is 14.2 Å². The lowest BCUT2D eigenvalue weighted by atomic mass is 9.96. The highest BCUT2D eigenvalue weighted by Crippen LogP contribution is 2.25. The Morgan fingerprint density at radius 1 is 0.875 bits per heavy atom. The van der Waals surface area contributed by atoms with E-state index in [0.717, 1.165) is 40.9 Å². The molecule has 0 radical (unpaired) electrons. The van der Waals surface area contributed by atoms with Crippen molar-refractivity contribution >= 4 is 0 Å². The Hall–Kier alpha value is -2.00. The van der Waals surface area contributed by atoms with E-state index in [9.17, 15) is 0 Å². The summed E-state index contributed by atoms with van der Waals surface area (Å²) in [6, 6.07) is 0. The van der Waals surface area contributed by atoms with E-state index in [1.54, 1.807) is 7.11 Å². The topological polar surface area (TPSA) is 27.7 Å². The molecule has 0 aromatic heterocycles. The zero-order valence-corrected chi connectivity index (χ0v) is 15.7. The van der Waals surface area contributed by atoms with Crippen LogP contribution in [0.25, 0.3) is 0 Å². The molecule has 0 saturated heterocycles. The van der Waals surface area contributed by atoms with Crippen molar-refractivity contribution in [3.63, 3.8) is 0 Å². The van der Waals surface area contributed by atoms with Gasteiger partial charge in [-0.25, -0.2) is 0 Å². The Bertz CT molecular complexity index is 521. The molecule has 0 heterocycles. The van der Waals surface area contributed by atoms with Gasteiger partial charge in [-0.15, -0.1) is 0 Å². The fourth-order valence-corrected chi connectivity index (χ4v) is 1.93. The van der Waals surface area contributed by atoms with Crippen molar-refractivity contribution in [1.82, 2.24) is 0 Å². The third kappa shape index (κ3) is 8.02. The Kier molecular flexibility index (Phi) is 11.4. The SMILES string of the molecule is C=C(/C=C(/CC)C(=C)C(=C)/C=C(/OCCOC)C(=C)CC)OCC. The lowest BCUT2D eigenvalue weighted by Gasteiger charge is -2.15. The number of rotatable bonds is 13. The zero-order chi connectivity index (χ0) is 18.5. The molecule has 0 aliphatic rings. The van der Waals surface area contributed by atoms with Crippen LogP contribution in [-0.2, 0) is 14.2 Å². The summed E-state index contributed by atoms with van der Waals surface area (Å²) in [6.07, 6.45) is 5.41. The maximum atomic E-state index is 5.76. The number of hydrogen-bond donors (Lipinski definition) is 0. The van der Waals surface area contributed by atoms with Gasteiger partial charge in [0.25, 0.3) is 0 Å². The molecule has 0 aliphatic heterocycles. The van der Waals surface area contributed by atoms with Crippen LogP contribution in [0.3, 0.4) is 0 Å². The van der Waals surface area contributed by atoms with Crippen LogP contribution in [0.5, 0.6) is 0 Å². The zero-order valence-electron chi connectivity index (χ0n) is 15.7. The maximum Gasteiger partial charge on any atom is 0.122 e. The smallest absolute Gasteiger partial charge is 0.122 e. The van der Waals surface area contributed by atoms with Crippen LogP contribution < -0.4 is 0 Å². The van der Waals surface area contributed by atoms with Gasteiger partial charge in [0, 0.05) is 7.11 Å². The molecule has 0 aromatic carbocycles. The standard InChI is InChI=1S/C21H32O3/c1-9-16(4)21(24-13-12-22-8)14-17(5)19(7)20(10-2)15-18(6)23-11-3/h14-15H,4-7,9-13H2,1-3,8H3/b20-15-,21-14+. The summed E-state index contributed by atoms with van der Waals surface area (Å²) >= 11 is 0. The lowest BCUT2D eigenvalue weighted by molar-refractivity contribution is 0.112. The van der Waals surface area contributed by atoms with Gasteiger partial charge in [-0.1, -0.05) is 40.2 Å². The van der Waals surface area contributed by atoms with Gasteiger partial charge in [0.1, 0.15) is 18.1 Å². The molecule has 3 heteroatoms. The minimum atomic E-state index is 0.471. The summed E-state index contributed by atoms with van der Waals surface area (Å²) in [7, 11) is 1.64. The van der Waals surface area contributed by atoms with E-state index in [1.807, 2.05) is 26.0 Å². The van der Waals surface area contributed by atoms with E-state index >= 15 is 0 Å². The predicted molar refractivity (Wildman–Crippen MR) is 103 cm³/mol. The summed E-state index contributed by atoms with van der Waals surface area (Å²) in [6.45, 7) is 23.8. The molecular formula is C21H32O3. The highest BCUT2D eigenvalue weighted by atomic mass is 16.5. The maximum absolute atomic E-state index is 5.76. The molecule has 0 aromatic rings. The molecule has 0 fully saturated rings. The Morgan fingerprint density at radius 2 is 1.54 bits per heavy atom. The molecule has 24 heavy (non-hydrogen) atoms. The van der Waals surface area contributed by atoms with E-state index in [-0.39, 0.29) is 0 Å². The first kappa shape index (κ1) is 22.0. The van der Waals surface area contributed by atoms with Crippen LogP contribution in [0.1, 0.15) is 33.6 Å². The van der Waals surface area contributed by atoms with Crippen LogP contribution in [0.4, 0.5) is 0 Å². The molecule has 0 rings (SSSR count). The van der Waals surface area contributed by atoms with Gasteiger partial charge in [-0.3, -0.25) is 0 Å². The predicted octanol–water partition coefficient (Wildman–Crippen LogP) is 5.50. The van der Waals surface area contributed by atoms with E-state index in [1.165, 1.54) is 0 Å². The van der Waals surface area contributed by atoms with E-state index in [2.05, 4.69) is 33.2 Å². The second-order valence-corrected chi connectivity index (χ2v) is 5.23. The molecule has 0 spiro atoms. The molecule has 134 valence electrons. The number of hydrogen-bond acceptors (Lipinski definition) is 3. The molecule has 0 saturated carbocycles. The average Bonchev–Trinajstić information content (AvgIpc) is 2.57. The van der Waals surface area contributed by atoms with E-state index < -0.39 is 0 Å². The molecule has 3 nitrogen and oxygen atoms in total. The summed E-state index contributed by atoms with van der Waals surface area (Å²) in [4.78, 5) is 0. The summed E-state index contributed by atoms with van der Waals surface area (Å²) in [5.74, 6) is 1.35. The normalized spacial score (nSPS) is 11.8. The van der Waals surface area contributed by atoms with Crippen molar-refractivity contribution in [2.75, 3.05) is 26.9 Å². The Labute approximate surface area is 147 Å². The van der Waals surface area contributed by atoms with Crippen LogP contribution in [0, 0.1) is 0 Å². The van der Waals surface area contributed by atoms with Gasteiger partial charge in [-0.05, 0) is 54.2 Å². The highest BCUT2D eigenvalue weighted by Gasteiger charge is 2.09. The first-order valence-corrected chi connectivity index (χ1v) is 8.33. The number of methoxy groups -OCH3 is 1. The van der Waals surface area contributed by atoms with Crippen molar-refractivity contribution in [2.45, 2.75) is 33.6 Å². The minimum absolute atomic E-state index is 0.471. The van der Waals surface area contributed by atoms with Crippen molar-refractivity contribution in [3.8, 4) is 0 Å². The first-order chi connectivity index (χ1) is 11.4. The van der Waals surface area contributed by atoms with Gasteiger partial charge in [0.05, 0.1) is 13.2 Å². The van der Waals surface area contributed by atoms with Crippen LogP contribution in [0.15, 0.2) is 72.3 Å². The number of ether oxygens (including phenoxy) is 3. The first-order valence-electron chi connectivity index (χ1n) is 8.33. The monoisotopic (exact) mass is 332 g/mol. The lowest BCUT2D eigenvalue weighted by Crippen LogP contribution is -2.04. The molecule has 0 atom stereocenters. The third-order valence-corrected chi connectivity index (χ3v) is 3.45. The summed E-state index contributed by atoms with van der Waals surface area (Å²) < 4.78 is 16.2. The second-order valence-electron chi connectivity index (χ2n) is 5.23. The van der Waals surface area contributed by atoms with Crippen LogP contribution in [-0.4, -0.2) is 26.9 Å². The summed E-state index contributed by atoms with van der Waals surface area (Å²) in [5.41, 5.74) is 3.58. The van der Waals surface area contributed by atoms with Crippen LogP contribution in [0.2, 0.25) is 0 Å². The minimum Gasteiger partial charge on any atom is -0.495 e. The quantitative estimate of drug-likeness (QED) is 0.253. The van der Waals surface area contributed by atoms with Gasteiger partial charge in [0.15, 0.2) is 0 Å². The van der Waals surface area contributed by atoms with Crippen LogP contribution >= 0.6 is 0 Å². The van der Waals surface area contributed by atoms with Gasteiger partial charge in [-0.2, -0.15) is 0 Å². The molecule has 0 unspecified atom stereocenters. The second kappa shape index (κ2) is 12.4. The van der Waals surface area contributed by atoms with Crippen molar-refractivity contribution in [3.05, 3.63) is 72.3 Å².